The Hall–Kier alpha value is 0.480. The number of unbranched alkanes of at least 4 members (excludes halogenated alkanes) is 1. The molecule has 0 unspecified atom stereocenters. The largest absolute Gasteiger partial charge is 0.396 e. The zero-order valence-electron chi connectivity index (χ0n) is 17.3. The van der Waals surface area contributed by atoms with Gasteiger partial charge in [-0.2, -0.15) is 0 Å². The minimum Gasteiger partial charge on any atom is -0.396 e. The predicted octanol–water partition coefficient (Wildman–Crippen LogP) is -0.381. The molecule has 0 aliphatic heterocycles. The van der Waals surface area contributed by atoms with Crippen LogP contribution in [0.5, 0.6) is 0 Å². The lowest BCUT2D eigenvalue weighted by atomic mass is 10.3. The van der Waals surface area contributed by atoms with E-state index in [2.05, 4.69) is 0 Å². The Kier molecular flexibility index (Phi) is 14.5. The van der Waals surface area contributed by atoms with E-state index in [1.165, 1.54) is 13.8 Å². The second kappa shape index (κ2) is 13.4. The van der Waals surface area contributed by atoms with Gasteiger partial charge in [-0.3, -0.25) is 22.7 Å². The quantitative estimate of drug-likeness (QED) is 0.0811. The van der Waals surface area contributed by atoms with Crippen molar-refractivity contribution in [3.05, 3.63) is 0 Å². The molecule has 0 bridgehead atoms. The second-order valence-corrected chi connectivity index (χ2v) is 14.3. The van der Waals surface area contributed by atoms with Crippen LogP contribution in [0.4, 0.5) is 0 Å². The molecule has 0 aromatic heterocycles. The smallest absolute Gasteiger partial charge is 0.395 e. The fourth-order valence-electron chi connectivity index (χ4n) is 3.37. The monoisotopic (exact) mass is 539 g/mol. The van der Waals surface area contributed by atoms with Crippen LogP contribution in [0, 0.1) is 0 Å². The lowest BCUT2D eigenvalue weighted by Gasteiger charge is -2.48. The van der Waals surface area contributed by atoms with Gasteiger partial charge in [0.1, 0.15) is 0 Å². The molecular weight excluding hydrogens is 504 g/mol. The zero-order chi connectivity index (χ0) is 25.3. The van der Waals surface area contributed by atoms with Crippen molar-refractivity contribution in [2.24, 2.45) is 5.73 Å². The van der Waals surface area contributed by atoms with Crippen LogP contribution >= 0.6 is 30.4 Å². The molecule has 15 nitrogen and oxygen atoms in total. The van der Waals surface area contributed by atoms with Crippen LogP contribution in [-0.4, -0.2) is 86.0 Å². The van der Waals surface area contributed by atoms with Gasteiger partial charge in [-0.1, -0.05) is 13.8 Å². The normalized spacial score (nSPS) is 14.0. The Morgan fingerprint density at radius 3 is 1.10 bits per heavy atom. The number of aliphatic hydroxyl groups is 1. The number of hydrogen-bond acceptors (Lipinski definition) is 6. The van der Waals surface area contributed by atoms with E-state index in [1.807, 2.05) is 0 Å². The van der Waals surface area contributed by atoms with Crippen LogP contribution in [-0.2, 0) is 18.3 Å². The van der Waals surface area contributed by atoms with Crippen molar-refractivity contribution in [1.82, 2.24) is 0 Å². The molecule has 19 heteroatoms. The summed E-state index contributed by atoms with van der Waals surface area (Å²) >= 11 is 0. The van der Waals surface area contributed by atoms with Crippen LogP contribution in [0.3, 0.4) is 0 Å². The summed E-state index contributed by atoms with van der Waals surface area (Å²) in [6.07, 6.45) is 1.55. The number of quaternary nitrogens is 1. The van der Waals surface area contributed by atoms with E-state index in [1.54, 1.807) is 0 Å². The van der Waals surface area contributed by atoms with Crippen LogP contribution in [0.25, 0.3) is 0 Å². The fraction of sp³-hybridized carbons (Fsp3) is 1.00. The third-order valence-electron chi connectivity index (χ3n) is 4.02. The highest BCUT2D eigenvalue weighted by Gasteiger charge is 2.68. The van der Waals surface area contributed by atoms with E-state index in [-0.39, 0.29) is 19.4 Å². The van der Waals surface area contributed by atoms with Crippen molar-refractivity contribution < 1.29 is 67.0 Å². The summed E-state index contributed by atoms with van der Waals surface area (Å²) in [5.41, 5.74) is -0.943. The fourth-order valence-corrected chi connectivity index (χ4v) is 10.8. The molecule has 0 saturated heterocycles. The summed E-state index contributed by atoms with van der Waals surface area (Å²) in [5.74, 6) is 0. The number of nitrogens with zero attached hydrogens (tertiary/aromatic N) is 1. The van der Waals surface area contributed by atoms with Gasteiger partial charge in [-0.05, 0) is 32.2 Å². The van der Waals surface area contributed by atoms with E-state index in [0.717, 1.165) is 12.8 Å². The van der Waals surface area contributed by atoms with E-state index < -0.39 is 59.0 Å². The highest BCUT2D eigenvalue weighted by Crippen LogP contribution is 2.72. The number of rotatable bonds is 13. The van der Waals surface area contributed by atoms with Crippen molar-refractivity contribution in [1.29, 1.82) is 0 Å². The maximum atomic E-state index is 11.8. The topological polar surface area (TPSA) is 276 Å². The Bertz CT molecular complexity index is 607. The number of nitrogens with two attached hydrogens (primary N) is 1. The van der Waals surface area contributed by atoms with Crippen LogP contribution in [0.1, 0.15) is 39.5 Å². The molecular formula is C12H35N2O13P4+. The molecule has 0 heterocycles. The van der Waals surface area contributed by atoms with Gasteiger partial charge >= 0.3 is 30.4 Å². The molecule has 0 aliphatic rings. The first-order valence-electron chi connectivity index (χ1n) is 9.15. The molecule has 0 fully saturated rings. The lowest BCUT2D eigenvalue weighted by Crippen LogP contribution is -2.61. The van der Waals surface area contributed by atoms with Crippen molar-refractivity contribution in [3.63, 3.8) is 0 Å². The number of aliphatic hydroxyl groups excluding tert-OH is 1. The molecule has 31 heavy (non-hydrogen) atoms. The lowest BCUT2D eigenvalue weighted by molar-refractivity contribution is -0.930. The van der Waals surface area contributed by atoms with Gasteiger partial charge in [0.25, 0.3) is 11.0 Å². The summed E-state index contributed by atoms with van der Waals surface area (Å²) in [6.45, 7) is 2.34. The maximum absolute atomic E-state index is 11.8. The van der Waals surface area contributed by atoms with Gasteiger partial charge in [0.2, 0.25) is 0 Å². The number of hydrogen-bond donors (Lipinski definition) is 10. The zero-order valence-corrected chi connectivity index (χ0v) is 20.9. The van der Waals surface area contributed by atoms with Gasteiger partial charge in [0.15, 0.2) is 0 Å². The first-order valence-corrected chi connectivity index (χ1v) is 15.9. The first kappa shape index (κ1) is 33.7. The van der Waals surface area contributed by atoms with E-state index in [9.17, 15) is 57.4 Å². The van der Waals surface area contributed by atoms with Gasteiger partial charge in [-0.25, -0.2) is 0 Å². The molecule has 0 rings (SSSR count). The van der Waals surface area contributed by atoms with Crippen LogP contribution in [0.2, 0.25) is 0 Å². The summed E-state index contributed by atoms with van der Waals surface area (Å²) in [4.78, 5) is 75.8. The van der Waals surface area contributed by atoms with Crippen LogP contribution in [0.15, 0.2) is 0 Å². The highest BCUT2D eigenvalue weighted by atomic mass is 31.2. The molecule has 0 radical (unpaired) electrons. The Balaban J connectivity index is 0. The summed E-state index contributed by atoms with van der Waals surface area (Å²) < 4.78 is 45.5. The van der Waals surface area contributed by atoms with Gasteiger partial charge in [0, 0.05) is 6.61 Å². The molecule has 0 amide bonds. The van der Waals surface area contributed by atoms with Crippen LogP contribution < -0.4 is 5.73 Å². The molecule has 0 spiro atoms. The third-order valence-corrected chi connectivity index (χ3v) is 11.9. The van der Waals surface area contributed by atoms with E-state index >= 15 is 0 Å². The molecule has 0 saturated carbocycles. The average molecular weight is 539 g/mol. The SMILES string of the molecule is CCC[N+](CCC)(C(P(=O)(O)O)P(=O)(O)O)C(P(=O)(O)O)P(=O)(O)O.NCCCCO. The Morgan fingerprint density at radius 2 is 0.968 bits per heavy atom. The van der Waals surface area contributed by atoms with Crippen molar-refractivity contribution in [2.75, 3.05) is 26.2 Å². The summed E-state index contributed by atoms with van der Waals surface area (Å²) in [6, 6.07) is 0. The predicted molar refractivity (Wildman–Crippen MR) is 112 cm³/mol. The highest BCUT2D eigenvalue weighted by molar-refractivity contribution is 7.72. The van der Waals surface area contributed by atoms with E-state index in [0.29, 0.717) is 6.54 Å². The van der Waals surface area contributed by atoms with Crippen molar-refractivity contribution in [2.45, 2.75) is 50.6 Å². The van der Waals surface area contributed by atoms with Crippen molar-refractivity contribution >= 4 is 30.4 Å². The van der Waals surface area contributed by atoms with Gasteiger partial charge in [0.05, 0.1) is 13.1 Å². The molecule has 0 atom stereocenters. The average Bonchev–Trinajstić information content (AvgIpc) is 2.48. The van der Waals surface area contributed by atoms with Gasteiger partial charge < -0.3 is 50.0 Å². The first-order chi connectivity index (χ1) is 13.8. The maximum Gasteiger partial charge on any atom is 0.395 e. The summed E-state index contributed by atoms with van der Waals surface area (Å²) in [7, 11) is -23.0. The van der Waals surface area contributed by atoms with Crippen molar-refractivity contribution in [3.8, 4) is 0 Å². The third kappa shape index (κ3) is 11.0. The minimum atomic E-state index is -5.75. The molecule has 190 valence electrons. The Morgan fingerprint density at radius 1 is 0.677 bits per heavy atom. The van der Waals surface area contributed by atoms with Gasteiger partial charge in [-0.15, -0.1) is 0 Å². The standard InChI is InChI=1S/C8H23NO12P4.C4H11NO/c1-3-5-9(6-4-2,7(22(10,11)12)23(13,14)15)8(24(16,17)18)25(19,20)21;5-3-1-2-4-6/h7-8H,3-6H2,1-2H3,(H7-,10,11,12,13,14,15,16,17,18,19,20,21);6H,1-5H2/p+1. The minimum absolute atomic E-state index is 0.118. The molecule has 11 N–H and O–H groups in total. The molecule has 0 aromatic rings. The molecule has 0 aromatic carbocycles. The second-order valence-electron chi connectivity index (χ2n) is 6.82. The van der Waals surface area contributed by atoms with E-state index in [4.69, 9.17) is 10.8 Å². The summed E-state index contributed by atoms with van der Waals surface area (Å²) in [5, 5.41) is 8.14. The Labute approximate surface area is 180 Å². The molecule has 0 aliphatic carbocycles.